The summed E-state index contributed by atoms with van der Waals surface area (Å²) in [6.45, 7) is 5.14. The molecule has 0 aromatic heterocycles. The molecule has 0 saturated heterocycles. The quantitative estimate of drug-likeness (QED) is 0.774. The van der Waals surface area contributed by atoms with Crippen LogP contribution in [0.1, 0.15) is 52.6 Å². The highest BCUT2D eigenvalue weighted by Crippen LogP contribution is 2.32. The number of halogens is 3. The summed E-state index contributed by atoms with van der Waals surface area (Å²) in [5, 5.41) is 2.03. The molecule has 29 heavy (non-hydrogen) atoms. The van der Waals surface area contributed by atoms with E-state index >= 15 is 0 Å². The minimum atomic E-state index is -4.74. The number of imide groups is 1. The van der Waals surface area contributed by atoms with Crippen molar-refractivity contribution < 1.29 is 32.3 Å². The summed E-state index contributed by atoms with van der Waals surface area (Å²) >= 11 is 0. The Morgan fingerprint density at radius 1 is 0.931 bits per heavy atom. The van der Waals surface area contributed by atoms with Crippen LogP contribution in [-0.2, 0) is 21.1 Å². The van der Waals surface area contributed by atoms with Gasteiger partial charge in [0.15, 0.2) is 6.61 Å². The van der Waals surface area contributed by atoms with Crippen LogP contribution >= 0.6 is 0 Å². The Balaban J connectivity index is 1.97. The molecule has 0 atom stereocenters. The second kappa shape index (κ2) is 8.46. The first-order valence-electron chi connectivity index (χ1n) is 8.67. The van der Waals surface area contributed by atoms with Gasteiger partial charge in [0.25, 0.3) is 11.8 Å². The van der Waals surface area contributed by atoms with E-state index in [9.17, 15) is 27.6 Å². The Bertz CT molecular complexity index is 913. The molecule has 5 nitrogen and oxygen atoms in total. The summed E-state index contributed by atoms with van der Waals surface area (Å²) in [5.74, 6) is -2.97. The van der Waals surface area contributed by atoms with Crippen molar-refractivity contribution >= 4 is 17.8 Å². The molecule has 1 N–H and O–H groups in total. The van der Waals surface area contributed by atoms with E-state index < -0.39 is 41.7 Å². The minimum Gasteiger partial charge on any atom is -0.452 e. The molecule has 0 aliphatic heterocycles. The van der Waals surface area contributed by atoms with Gasteiger partial charge in [0.1, 0.15) is 0 Å². The maximum Gasteiger partial charge on any atom is 0.417 e. The lowest BCUT2D eigenvalue weighted by Crippen LogP contribution is -2.34. The Kier molecular flexibility index (Phi) is 6.46. The van der Waals surface area contributed by atoms with Gasteiger partial charge in [-0.3, -0.25) is 14.9 Å². The van der Waals surface area contributed by atoms with Crippen molar-refractivity contribution in [1.82, 2.24) is 5.32 Å². The van der Waals surface area contributed by atoms with Crippen LogP contribution < -0.4 is 5.32 Å². The van der Waals surface area contributed by atoms with E-state index in [-0.39, 0.29) is 11.0 Å². The molecule has 2 rings (SSSR count). The Morgan fingerprint density at radius 2 is 1.52 bits per heavy atom. The monoisotopic (exact) mass is 407 g/mol. The molecule has 0 spiro atoms. The average molecular weight is 407 g/mol. The molecule has 0 saturated carbocycles. The van der Waals surface area contributed by atoms with Crippen LogP contribution in [0.5, 0.6) is 0 Å². The molecular weight excluding hydrogens is 387 g/mol. The largest absolute Gasteiger partial charge is 0.452 e. The smallest absolute Gasteiger partial charge is 0.417 e. The van der Waals surface area contributed by atoms with Gasteiger partial charge in [-0.05, 0) is 35.2 Å². The van der Waals surface area contributed by atoms with Crippen LogP contribution in [0.4, 0.5) is 13.2 Å². The number of benzene rings is 2. The van der Waals surface area contributed by atoms with Gasteiger partial charge in [0.05, 0.1) is 11.1 Å². The third kappa shape index (κ3) is 5.91. The van der Waals surface area contributed by atoms with Crippen molar-refractivity contribution in [2.75, 3.05) is 6.61 Å². The van der Waals surface area contributed by atoms with E-state index in [2.05, 4.69) is 4.74 Å². The van der Waals surface area contributed by atoms with Crippen LogP contribution in [-0.4, -0.2) is 24.4 Å². The van der Waals surface area contributed by atoms with Crippen LogP contribution in [0.15, 0.2) is 48.5 Å². The summed E-state index contributed by atoms with van der Waals surface area (Å²) in [6, 6.07) is 10.7. The fraction of sp³-hybridized carbons (Fsp3) is 0.286. The Hall–Kier alpha value is -3.16. The number of hydrogen-bond donors (Lipinski definition) is 1. The third-order valence-electron chi connectivity index (χ3n) is 4.05. The lowest BCUT2D eigenvalue weighted by atomic mass is 9.87. The van der Waals surface area contributed by atoms with E-state index in [0.29, 0.717) is 0 Å². The van der Waals surface area contributed by atoms with Crippen molar-refractivity contribution in [1.29, 1.82) is 0 Å². The number of carbonyl (C=O) groups excluding carboxylic acids is 3. The first kappa shape index (κ1) is 22.1. The molecule has 8 heteroatoms. The molecule has 2 aromatic carbocycles. The molecule has 0 aliphatic rings. The first-order valence-corrected chi connectivity index (χ1v) is 8.67. The summed E-state index contributed by atoms with van der Waals surface area (Å²) in [7, 11) is 0. The summed E-state index contributed by atoms with van der Waals surface area (Å²) < 4.78 is 43.4. The van der Waals surface area contributed by atoms with Gasteiger partial charge < -0.3 is 4.74 Å². The average Bonchev–Trinajstić information content (AvgIpc) is 2.64. The number of alkyl halides is 3. The number of rotatable bonds is 4. The second-order valence-electron chi connectivity index (χ2n) is 7.32. The minimum absolute atomic E-state index is 0.105. The van der Waals surface area contributed by atoms with Crippen molar-refractivity contribution in [2.24, 2.45) is 0 Å². The molecule has 0 heterocycles. The predicted molar refractivity (Wildman–Crippen MR) is 99.3 cm³/mol. The molecule has 0 aliphatic carbocycles. The normalized spacial score (nSPS) is 11.7. The molecule has 0 radical (unpaired) electrons. The van der Waals surface area contributed by atoms with E-state index in [1.165, 1.54) is 6.07 Å². The van der Waals surface area contributed by atoms with Gasteiger partial charge in [-0.2, -0.15) is 13.2 Å². The fourth-order valence-electron chi connectivity index (χ4n) is 2.47. The zero-order valence-corrected chi connectivity index (χ0v) is 16.1. The van der Waals surface area contributed by atoms with Gasteiger partial charge in [-0.15, -0.1) is 0 Å². The van der Waals surface area contributed by atoms with Crippen molar-refractivity contribution in [2.45, 2.75) is 32.4 Å². The molecule has 0 fully saturated rings. The molecule has 154 valence electrons. The highest BCUT2D eigenvalue weighted by molar-refractivity contribution is 6.05. The molecule has 2 aromatic rings. The maximum absolute atomic E-state index is 12.9. The van der Waals surface area contributed by atoms with E-state index in [4.69, 9.17) is 0 Å². The number of esters is 1. The zero-order valence-electron chi connectivity index (χ0n) is 16.1. The van der Waals surface area contributed by atoms with Crippen molar-refractivity contribution in [3.63, 3.8) is 0 Å². The zero-order chi connectivity index (χ0) is 21.8. The summed E-state index contributed by atoms with van der Waals surface area (Å²) in [5.41, 5.74) is -0.763. The number of hydrogen-bond acceptors (Lipinski definition) is 4. The summed E-state index contributed by atoms with van der Waals surface area (Å²) in [4.78, 5) is 35.9. The fourth-order valence-corrected chi connectivity index (χ4v) is 2.47. The SMILES string of the molecule is CC(C)(C)c1ccc(C(=O)NC(=O)COC(=O)c2ccccc2C(F)(F)F)cc1. The topological polar surface area (TPSA) is 72.5 Å². The van der Waals surface area contributed by atoms with E-state index in [0.717, 1.165) is 23.8 Å². The highest BCUT2D eigenvalue weighted by Gasteiger charge is 2.35. The molecular formula is C21H20F3NO4. The number of amides is 2. The maximum atomic E-state index is 12.9. The van der Waals surface area contributed by atoms with Crippen LogP contribution in [0.2, 0.25) is 0 Å². The molecule has 0 bridgehead atoms. The van der Waals surface area contributed by atoms with Gasteiger partial charge in [-0.1, -0.05) is 45.0 Å². The number of carbonyl (C=O) groups is 3. The predicted octanol–water partition coefficient (Wildman–Crippen LogP) is 4.12. The standard InChI is InChI=1S/C21H20F3NO4/c1-20(2,3)14-10-8-13(9-11-14)18(27)25-17(26)12-29-19(28)15-6-4-5-7-16(15)21(22,23)24/h4-11H,12H2,1-3H3,(H,25,26,27). The number of ether oxygens (including phenoxy) is 1. The Labute approximate surface area is 165 Å². The van der Waals surface area contributed by atoms with Crippen molar-refractivity contribution in [3.05, 3.63) is 70.8 Å². The molecule has 2 amide bonds. The third-order valence-corrected chi connectivity index (χ3v) is 4.05. The second-order valence-corrected chi connectivity index (χ2v) is 7.32. The van der Waals surface area contributed by atoms with E-state index in [1.807, 2.05) is 26.1 Å². The van der Waals surface area contributed by atoms with Crippen LogP contribution in [0, 0.1) is 0 Å². The van der Waals surface area contributed by atoms with Gasteiger partial charge in [-0.25, -0.2) is 4.79 Å². The van der Waals surface area contributed by atoms with Crippen LogP contribution in [0.25, 0.3) is 0 Å². The summed E-state index contributed by atoms with van der Waals surface area (Å²) in [6.07, 6.45) is -4.74. The van der Waals surface area contributed by atoms with Gasteiger partial charge >= 0.3 is 12.1 Å². The Morgan fingerprint density at radius 3 is 2.07 bits per heavy atom. The van der Waals surface area contributed by atoms with E-state index in [1.54, 1.807) is 24.3 Å². The lowest BCUT2D eigenvalue weighted by Gasteiger charge is -2.19. The number of nitrogens with one attached hydrogen (secondary N) is 1. The van der Waals surface area contributed by atoms with Gasteiger partial charge in [0, 0.05) is 5.56 Å². The first-order chi connectivity index (χ1) is 13.4. The molecule has 0 unspecified atom stereocenters. The highest BCUT2D eigenvalue weighted by atomic mass is 19.4. The van der Waals surface area contributed by atoms with Crippen LogP contribution in [0.3, 0.4) is 0 Å². The van der Waals surface area contributed by atoms with Gasteiger partial charge in [0.2, 0.25) is 0 Å². The van der Waals surface area contributed by atoms with Crippen molar-refractivity contribution in [3.8, 4) is 0 Å². The lowest BCUT2D eigenvalue weighted by molar-refractivity contribution is -0.138.